The molecule has 0 atom stereocenters. The van der Waals surface area contributed by atoms with E-state index in [0.29, 0.717) is 11.6 Å². The number of rotatable bonds is 11. The monoisotopic (exact) mass is 556 g/mol. The molecule has 180 valence electrons. The zero-order valence-electron chi connectivity index (χ0n) is 18.1. The summed E-state index contributed by atoms with van der Waals surface area (Å²) in [5, 5.41) is 4.03. The molecule has 0 saturated carbocycles. The Morgan fingerprint density at radius 1 is 0.912 bits per heavy atom. The predicted molar refractivity (Wildman–Crippen MR) is 143 cm³/mol. The molecule has 0 aromatic heterocycles. The highest BCUT2D eigenvalue weighted by atomic mass is 35.5. The van der Waals surface area contributed by atoms with Crippen molar-refractivity contribution >= 4 is 68.2 Å². The summed E-state index contributed by atoms with van der Waals surface area (Å²) >= 11 is 20.1. The summed E-state index contributed by atoms with van der Waals surface area (Å²) in [4.78, 5) is 12.7. The van der Waals surface area contributed by atoms with Gasteiger partial charge in [-0.3, -0.25) is 9.10 Å². The van der Waals surface area contributed by atoms with Crippen LogP contribution in [0.5, 0.6) is 0 Å². The number of sulfonamides is 1. The Morgan fingerprint density at radius 2 is 1.62 bits per heavy atom. The van der Waals surface area contributed by atoms with Crippen molar-refractivity contribution in [2.45, 2.75) is 17.1 Å². The van der Waals surface area contributed by atoms with Crippen molar-refractivity contribution in [3.8, 4) is 0 Å². The standard InChI is InChI=1S/C24H23Cl3N2O3S2/c25-19-11-12-23(22(27)15-19)29(34(31,32)20-8-2-1-3-9-20)16-24(30)28-13-6-14-33-17-18-7-4-5-10-21(18)26/h1-5,7-12,15H,6,13-14,16-17H2,(H,28,30). The molecule has 3 rings (SSSR count). The van der Waals surface area contributed by atoms with Crippen molar-refractivity contribution in [3.63, 3.8) is 0 Å². The van der Waals surface area contributed by atoms with Gasteiger partial charge in [-0.25, -0.2) is 8.42 Å². The summed E-state index contributed by atoms with van der Waals surface area (Å²) in [6.07, 6.45) is 0.730. The maximum absolute atomic E-state index is 13.3. The van der Waals surface area contributed by atoms with E-state index in [4.69, 9.17) is 34.8 Å². The fourth-order valence-corrected chi connectivity index (χ4v) is 6.36. The third kappa shape index (κ3) is 7.30. The van der Waals surface area contributed by atoms with Crippen LogP contribution < -0.4 is 9.62 Å². The van der Waals surface area contributed by atoms with Gasteiger partial charge in [-0.2, -0.15) is 11.8 Å². The van der Waals surface area contributed by atoms with Crippen molar-refractivity contribution < 1.29 is 13.2 Å². The van der Waals surface area contributed by atoms with Gasteiger partial charge >= 0.3 is 0 Å². The van der Waals surface area contributed by atoms with E-state index in [1.54, 1.807) is 30.0 Å². The Morgan fingerprint density at radius 3 is 2.32 bits per heavy atom. The Balaban J connectivity index is 1.61. The Bertz CT molecular complexity index is 1230. The van der Waals surface area contributed by atoms with Gasteiger partial charge in [0.05, 0.1) is 15.6 Å². The summed E-state index contributed by atoms with van der Waals surface area (Å²) in [5.74, 6) is 1.17. The van der Waals surface area contributed by atoms with E-state index in [0.717, 1.165) is 32.8 Å². The number of amides is 1. The lowest BCUT2D eigenvalue weighted by Gasteiger charge is -2.25. The van der Waals surface area contributed by atoms with Gasteiger partial charge in [0.1, 0.15) is 6.54 Å². The van der Waals surface area contributed by atoms with Gasteiger partial charge in [-0.05, 0) is 54.1 Å². The van der Waals surface area contributed by atoms with E-state index in [1.807, 2.05) is 24.3 Å². The number of benzene rings is 3. The van der Waals surface area contributed by atoms with Gasteiger partial charge in [-0.15, -0.1) is 0 Å². The molecule has 0 radical (unpaired) electrons. The average molecular weight is 558 g/mol. The zero-order valence-corrected chi connectivity index (χ0v) is 22.0. The van der Waals surface area contributed by atoms with Crippen molar-refractivity contribution in [1.82, 2.24) is 5.32 Å². The molecule has 3 aromatic rings. The van der Waals surface area contributed by atoms with E-state index in [2.05, 4.69) is 5.32 Å². The number of hydrogen-bond acceptors (Lipinski definition) is 4. The first-order valence-electron chi connectivity index (χ1n) is 10.4. The molecule has 0 spiro atoms. The third-order valence-corrected chi connectivity index (χ3v) is 8.57. The summed E-state index contributed by atoms with van der Waals surface area (Å²) < 4.78 is 27.6. The number of nitrogens with one attached hydrogen (secondary N) is 1. The lowest BCUT2D eigenvalue weighted by molar-refractivity contribution is -0.119. The molecule has 3 aromatic carbocycles. The molecule has 34 heavy (non-hydrogen) atoms. The van der Waals surface area contributed by atoms with Crippen LogP contribution in [-0.2, 0) is 20.6 Å². The molecule has 10 heteroatoms. The quantitative estimate of drug-likeness (QED) is 0.282. The van der Waals surface area contributed by atoms with Crippen LogP contribution in [0.15, 0.2) is 77.7 Å². The van der Waals surface area contributed by atoms with Crippen LogP contribution in [0.4, 0.5) is 5.69 Å². The largest absolute Gasteiger partial charge is 0.354 e. The lowest BCUT2D eigenvalue weighted by atomic mass is 10.2. The van der Waals surface area contributed by atoms with Crippen molar-refractivity contribution in [3.05, 3.63) is 93.4 Å². The number of halogens is 3. The minimum Gasteiger partial charge on any atom is -0.354 e. The number of nitrogens with zero attached hydrogens (tertiary/aromatic N) is 1. The fourth-order valence-electron chi connectivity index (χ4n) is 3.09. The van der Waals surface area contributed by atoms with E-state index >= 15 is 0 Å². The van der Waals surface area contributed by atoms with Crippen LogP contribution in [-0.4, -0.2) is 33.2 Å². The summed E-state index contributed by atoms with van der Waals surface area (Å²) in [6, 6.07) is 20.1. The molecule has 5 nitrogen and oxygen atoms in total. The van der Waals surface area contributed by atoms with Crippen molar-refractivity contribution in [2.75, 3.05) is 23.1 Å². The summed E-state index contributed by atoms with van der Waals surface area (Å²) in [5.41, 5.74) is 1.25. The van der Waals surface area contributed by atoms with E-state index in [1.165, 1.54) is 30.3 Å². The summed E-state index contributed by atoms with van der Waals surface area (Å²) in [7, 11) is -4.03. The molecule has 0 unspecified atom stereocenters. The van der Waals surface area contributed by atoms with Crippen LogP contribution in [0.3, 0.4) is 0 Å². The van der Waals surface area contributed by atoms with Gasteiger partial charge in [0.25, 0.3) is 10.0 Å². The van der Waals surface area contributed by atoms with Gasteiger partial charge in [0.2, 0.25) is 5.91 Å². The van der Waals surface area contributed by atoms with Crippen LogP contribution in [0.2, 0.25) is 15.1 Å². The molecule has 0 aliphatic carbocycles. The van der Waals surface area contributed by atoms with E-state index in [-0.39, 0.29) is 15.6 Å². The van der Waals surface area contributed by atoms with Gasteiger partial charge in [0.15, 0.2) is 0 Å². The first-order valence-corrected chi connectivity index (χ1v) is 14.1. The molecule has 0 aliphatic rings. The molecule has 1 amide bonds. The highest BCUT2D eigenvalue weighted by Crippen LogP contribution is 2.32. The van der Waals surface area contributed by atoms with Crippen LogP contribution in [0.25, 0.3) is 0 Å². The number of anilines is 1. The SMILES string of the molecule is O=C(CN(c1ccc(Cl)cc1Cl)S(=O)(=O)c1ccccc1)NCCCSCc1ccccc1Cl. The minimum atomic E-state index is -4.03. The maximum Gasteiger partial charge on any atom is 0.264 e. The molecular weight excluding hydrogens is 535 g/mol. The van der Waals surface area contributed by atoms with Gasteiger partial charge in [0, 0.05) is 22.3 Å². The fraction of sp³-hybridized carbons (Fsp3) is 0.208. The minimum absolute atomic E-state index is 0.0600. The Labute approximate surface area is 219 Å². The second-order valence-corrected chi connectivity index (χ2v) is 11.5. The molecule has 0 fully saturated rings. The third-order valence-electron chi connectivity index (χ3n) is 4.80. The highest BCUT2D eigenvalue weighted by Gasteiger charge is 2.28. The van der Waals surface area contributed by atoms with Crippen molar-refractivity contribution in [2.24, 2.45) is 0 Å². The molecule has 0 aliphatic heterocycles. The van der Waals surface area contributed by atoms with Crippen LogP contribution in [0, 0.1) is 0 Å². The van der Waals surface area contributed by atoms with Crippen LogP contribution in [0.1, 0.15) is 12.0 Å². The second kappa shape index (κ2) is 12.7. The smallest absolute Gasteiger partial charge is 0.264 e. The zero-order chi connectivity index (χ0) is 24.6. The summed E-state index contributed by atoms with van der Waals surface area (Å²) in [6.45, 7) is 0.00722. The number of thioether (sulfide) groups is 1. The van der Waals surface area contributed by atoms with Crippen molar-refractivity contribution in [1.29, 1.82) is 0 Å². The Hall–Kier alpha value is -1.90. The van der Waals surface area contributed by atoms with Gasteiger partial charge in [-0.1, -0.05) is 71.2 Å². The average Bonchev–Trinajstić information content (AvgIpc) is 2.82. The molecular formula is C24H23Cl3N2O3S2. The predicted octanol–water partition coefficient (Wildman–Crippen LogP) is 6.28. The first kappa shape index (κ1) is 26.7. The van der Waals surface area contributed by atoms with Crippen LogP contribution >= 0.6 is 46.6 Å². The molecule has 0 saturated heterocycles. The normalized spacial score (nSPS) is 11.3. The molecule has 0 bridgehead atoms. The second-order valence-electron chi connectivity index (χ2n) is 7.27. The lowest BCUT2D eigenvalue weighted by Crippen LogP contribution is -2.41. The topological polar surface area (TPSA) is 66.5 Å². The first-order chi connectivity index (χ1) is 16.3. The molecule has 0 heterocycles. The maximum atomic E-state index is 13.3. The molecule has 1 N–H and O–H groups in total. The number of carbonyl (C=O) groups excluding carboxylic acids is 1. The van der Waals surface area contributed by atoms with E-state index < -0.39 is 22.5 Å². The number of carbonyl (C=O) groups is 1. The highest BCUT2D eigenvalue weighted by molar-refractivity contribution is 7.98. The Kier molecular flexibility index (Phi) is 9.97. The van der Waals surface area contributed by atoms with Gasteiger partial charge < -0.3 is 5.32 Å². The van der Waals surface area contributed by atoms with E-state index in [9.17, 15) is 13.2 Å². The number of hydrogen-bond donors (Lipinski definition) is 1.